The molecule has 1 aromatic carbocycles. The Balaban J connectivity index is 2.25. The van der Waals surface area contributed by atoms with Gasteiger partial charge in [-0.3, -0.25) is 0 Å². The van der Waals surface area contributed by atoms with Gasteiger partial charge >= 0.3 is 6.18 Å². The van der Waals surface area contributed by atoms with E-state index in [1.165, 1.54) is 13.0 Å². The molecule has 0 aliphatic heterocycles. The molecule has 4 heteroatoms. The first kappa shape index (κ1) is 12.4. The highest BCUT2D eigenvalue weighted by molar-refractivity contribution is 5.34. The zero-order chi connectivity index (χ0) is 12.7. The van der Waals surface area contributed by atoms with Crippen molar-refractivity contribution in [2.45, 2.75) is 37.9 Å². The van der Waals surface area contributed by atoms with Crippen LogP contribution in [0.15, 0.2) is 18.2 Å². The van der Waals surface area contributed by atoms with Crippen LogP contribution < -0.4 is 5.32 Å². The molecule has 0 bridgehead atoms. The van der Waals surface area contributed by atoms with Gasteiger partial charge in [0.05, 0.1) is 5.56 Å². The molecule has 0 atom stereocenters. The first-order valence-electron chi connectivity index (χ1n) is 5.72. The van der Waals surface area contributed by atoms with E-state index < -0.39 is 11.7 Å². The maximum Gasteiger partial charge on any atom is 0.416 e. The number of hydrogen-bond acceptors (Lipinski definition) is 1. The first-order valence-corrected chi connectivity index (χ1v) is 5.72. The van der Waals surface area contributed by atoms with E-state index in [0.29, 0.717) is 6.42 Å². The second kappa shape index (κ2) is 4.02. The first-order chi connectivity index (χ1) is 7.86. The van der Waals surface area contributed by atoms with E-state index in [9.17, 15) is 13.2 Å². The second-order valence-corrected chi connectivity index (χ2v) is 4.85. The third-order valence-electron chi connectivity index (χ3n) is 3.53. The summed E-state index contributed by atoms with van der Waals surface area (Å²) in [5.74, 6) is 0. The van der Waals surface area contributed by atoms with Crippen LogP contribution in [0.5, 0.6) is 0 Å². The summed E-state index contributed by atoms with van der Waals surface area (Å²) in [6.45, 7) is 1.50. The predicted octanol–water partition coefficient (Wildman–Crippen LogP) is 3.31. The zero-order valence-corrected chi connectivity index (χ0v) is 9.99. The Labute approximate surface area is 99.0 Å². The maximum absolute atomic E-state index is 12.7. The number of benzene rings is 1. The molecule has 0 heterocycles. The fraction of sp³-hybridized carbons (Fsp3) is 0.538. The largest absolute Gasteiger partial charge is 0.416 e. The zero-order valence-electron chi connectivity index (χ0n) is 9.99. The SMILES string of the molecule is CNC1(Cc2ccc(C)c(C(F)(F)F)c2)CC1. The molecule has 1 nitrogen and oxygen atoms in total. The summed E-state index contributed by atoms with van der Waals surface area (Å²) in [7, 11) is 1.87. The van der Waals surface area contributed by atoms with Gasteiger partial charge in [0, 0.05) is 5.54 Å². The fourth-order valence-corrected chi connectivity index (χ4v) is 2.14. The van der Waals surface area contributed by atoms with Gasteiger partial charge in [-0.2, -0.15) is 13.2 Å². The normalized spacial score (nSPS) is 18.2. The van der Waals surface area contributed by atoms with Gasteiger partial charge in [-0.25, -0.2) is 0 Å². The van der Waals surface area contributed by atoms with Gasteiger partial charge < -0.3 is 5.32 Å². The number of rotatable bonds is 3. The van der Waals surface area contributed by atoms with Crippen molar-refractivity contribution in [3.63, 3.8) is 0 Å². The van der Waals surface area contributed by atoms with Gasteiger partial charge in [0.15, 0.2) is 0 Å². The Morgan fingerprint density at radius 3 is 2.41 bits per heavy atom. The lowest BCUT2D eigenvalue weighted by atomic mass is 9.99. The highest BCUT2D eigenvalue weighted by Gasteiger charge is 2.41. The third kappa shape index (κ3) is 2.63. The summed E-state index contributed by atoms with van der Waals surface area (Å²) < 4.78 is 38.2. The van der Waals surface area contributed by atoms with Gasteiger partial charge in [-0.15, -0.1) is 0 Å². The van der Waals surface area contributed by atoms with E-state index in [4.69, 9.17) is 0 Å². The molecule has 94 valence electrons. The van der Waals surface area contributed by atoms with Crippen LogP contribution in [0.3, 0.4) is 0 Å². The number of likely N-dealkylation sites (N-methyl/N-ethyl adjacent to an activating group) is 1. The van der Waals surface area contributed by atoms with Gasteiger partial charge in [-0.05, 0) is 50.4 Å². The highest BCUT2D eigenvalue weighted by Crippen LogP contribution is 2.39. The van der Waals surface area contributed by atoms with Crippen LogP contribution in [0.4, 0.5) is 13.2 Å². The summed E-state index contributed by atoms with van der Waals surface area (Å²) in [5, 5.41) is 3.19. The Hall–Kier alpha value is -1.03. The van der Waals surface area contributed by atoms with Crippen molar-refractivity contribution < 1.29 is 13.2 Å². The molecule has 0 aromatic heterocycles. The standard InChI is InChI=1S/C13H16F3N/c1-9-3-4-10(7-11(9)13(14,15)16)8-12(17-2)5-6-12/h3-4,7,17H,5-6,8H2,1-2H3. The topological polar surface area (TPSA) is 12.0 Å². The summed E-state index contributed by atoms with van der Waals surface area (Å²) in [4.78, 5) is 0. The lowest BCUT2D eigenvalue weighted by molar-refractivity contribution is -0.138. The number of alkyl halides is 3. The average Bonchev–Trinajstić information content (AvgIpc) is 3.00. The average molecular weight is 243 g/mol. The van der Waals surface area contributed by atoms with E-state index in [1.807, 2.05) is 7.05 Å². The van der Waals surface area contributed by atoms with Crippen LogP contribution in [0.1, 0.15) is 29.5 Å². The number of hydrogen-bond donors (Lipinski definition) is 1. The molecule has 0 radical (unpaired) electrons. The van der Waals surface area contributed by atoms with E-state index >= 15 is 0 Å². The van der Waals surface area contributed by atoms with Gasteiger partial charge in [-0.1, -0.05) is 12.1 Å². The molecule has 2 rings (SSSR count). The molecule has 1 aliphatic carbocycles. The van der Waals surface area contributed by atoms with Crippen LogP contribution in [0, 0.1) is 6.92 Å². The summed E-state index contributed by atoms with van der Waals surface area (Å²) >= 11 is 0. The van der Waals surface area contributed by atoms with Crippen molar-refractivity contribution in [2.24, 2.45) is 0 Å². The summed E-state index contributed by atoms with van der Waals surface area (Å²) in [6.07, 6.45) is -1.50. The third-order valence-corrected chi connectivity index (χ3v) is 3.53. The van der Waals surface area contributed by atoms with Crippen LogP contribution in [0.2, 0.25) is 0 Å². The minimum Gasteiger partial charge on any atom is -0.314 e. The maximum atomic E-state index is 12.7. The van der Waals surface area contributed by atoms with Crippen molar-refractivity contribution in [2.75, 3.05) is 7.05 Å². The second-order valence-electron chi connectivity index (χ2n) is 4.85. The van der Waals surface area contributed by atoms with Crippen molar-refractivity contribution in [3.8, 4) is 0 Å². The molecule has 1 aliphatic rings. The van der Waals surface area contributed by atoms with Crippen molar-refractivity contribution in [3.05, 3.63) is 34.9 Å². The Morgan fingerprint density at radius 2 is 1.94 bits per heavy atom. The molecule has 1 N–H and O–H groups in total. The van der Waals surface area contributed by atoms with Crippen molar-refractivity contribution in [1.29, 1.82) is 0 Å². The molecule has 0 saturated heterocycles. The molecular weight excluding hydrogens is 227 g/mol. The minimum absolute atomic E-state index is 0.0398. The molecule has 0 amide bonds. The van der Waals surface area contributed by atoms with E-state index in [1.54, 1.807) is 12.1 Å². The molecule has 17 heavy (non-hydrogen) atoms. The molecule has 1 fully saturated rings. The molecule has 1 aromatic rings. The van der Waals surface area contributed by atoms with Gasteiger partial charge in [0.25, 0.3) is 0 Å². The molecular formula is C13H16F3N. The summed E-state index contributed by atoms with van der Waals surface area (Å²) in [5.41, 5.74) is 0.574. The predicted molar refractivity (Wildman–Crippen MR) is 60.9 cm³/mol. The molecule has 0 unspecified atom stereocenters. The Kier molecular flexibility index (Phi) is 2.94. The number of aryl methyl sites for hydroxylation is 1. The van der Waals surface area contributed by atoms with E-state index in [0.717, 1.165) is 18.4 Å². The van der Waals surface area contributed by atoms with Crippen LogP contribution in [0.25, 0.3) is 0 Å². The monoisotopic (exact) mass is 243 g/mol. The number of halogens is 3. The van der Waals surface area contributed by atoms with E-state index in [2.05, 4.69) is 5.32 Å². The molecule has 0 spiro atoms. The smallest absolute Gasteiger partial charge is 0.314 e. The highest BCUT2D eigenvalue weighted by atomic mass is 19.4. The minimum atomic E-state index is -4.25. The van der Waals surface area contributed by atoms with Gasteiger partial charge in [0.1, 0.15) is 0 Å². The Morgan fingerprint density at radius 1 is 1.29 bits per heavy atom. The van der Waals surface area contributed by atoms with Crippen molar-refractivity contribution in [1.82, 2.24) is 5.32 Å². The van der Waals surface area contributed by atoms with E-state index in [-0.39, 0.29) is 11.1 Å². The lowest BCUT2D eigenvalue weighted by Crippen LogP contribution is -2.29. The van der Waals surface area contributed by atoms with Crippen LogP contribution in [-0.4, -0.2) is 12.6 Å². The summed E-state index contributed by atoms with van der Waals surface area (Å²) in [6, 6.07) is 4.64. The fourth-order valence-electron chi connectivity index (χ4n) is 2.14. The number of nitrogens with one attached hydrogen (secondary N) is 1. The van der Waals surface area contributed by atoms with Crippen molar-refractivity contribution >= 4 is 0 Å². The quantitative estimate of drug-likeness (QED) is 0.858. The van der Waals surface area contributed by atoms with Gasteiger partial charge in [0.2, 0.25) is 0 Å². The van der Waals surface area contributed by atoms with Crippen LogP contribution in [-0.2, 0) is 12.6 Å². The Bertz CT molecular complexity index is 419. The molecule has 1 saturated carbocycles. The lowest BCUT2D eigenvalue weighted by Gasteiger charge is -2.16. The van der Waals surface area contributed by atoms with Crippen LogP contribution >= 0.6 is 0 Å².